The first-order chi connectivity index (χ1) is 8.66. The zero-order valence-corrected chi connectivity index (χ0v) is 11.1. The van der Waals surface area contributed by atoms with Crippen LogP contribution in [0.5, 0.6) is 0 Å². The molecule has 0 aliphatic rings. The van der Waals surface area contributed by atoms with Crippen molar-refractivity contribution in [1.29, 1.82) is 0 Å². The molecular formula is C14H16N2OS. The van der Waals surface area contributed by atoms with Gasteiger partial charge in [-0.05, 0) is 23.1 Å². The summed E-state index contributed by atoms with van der Waals surface area (Å²) in [6.45, 7) is 0.656. The highest BCUT2D eigenvalue weighted by Gasteiger charge is 2.11. The average molecular weight is 260 g/mol. The monoisotopic (exact) mass is 260 g/mol. The molecular weight excluding hydrogens is 244 g/mol. The molecule has 0 saturated carbocycles. The minimum atomic E-state index is 0.0845. The minimum absolute atomic E-state index is 0.0845. The number of likely N-dealkylation sites (N-methyl/N-ethyl adjacent to an activating group) is 1. The van der Waals surface area contributed by atoms with Gasteiger partial charge in [0.15, 0.2) is 0 Å². The Kier molecular flexibility index (Phi) is 3.99. The fraction of sp³-hybridized carbons (Fsp3) is 0.214. The second kappa shape index (κ2) is 5.69. The Morgan fingerprint density at radius 3 is 2.72 bits per heavy atom. The van der Waals surface area contributed by atoms with E-state index in [9.17, 15) is 4.79 Å². The van der Waals surface area contributed by atoms with Crippen molar-refractivity contribution in [3.8, 4) is 0 Å². The molecule has 1 heterocycles. The maximum absolute atomic E-state index is 12.1. The third-order valence-corrected chi connectivity index (χ3v) is 3.66. The van der Waals surface area contributed by atoms with Crippen LogP contribution in [0.25, 0.3) is 0 Å². The number of carbonyl (C=O) groups excluding carboxylic acids is 1. The molecule has 0 fully saturated rings. The molecule has 0 atom stereocenters. The van der Waals surface area contributed by atoms with Crippen molar-refractivity contribution in [3.05, 3.63) is 52.2 Å². The summed E-state index contributed by atoms with van der Waals surface area (Å²) >= 11 is 1.66. The molecule has 1 aromatic carbocycles. The maximum atomic E-state index is 12.1. The molecule has 18 heavy (non-hydrogen) atoms. The molecule has 0 unspecified atom stereocenters. The summed E-state index contributed by atoms with van der Waals surface area (Å²) < 4.78 is 0. The van der Waals surface area contributed by atoms with E-state index in [2.05, 4.69) is 0 Å². The van der Waals surface area contributed by atoms with Crippen LogP contribution in [0.1, 0.15) is 10.4 Å². The highest BCUT2D eigenvalue weighted by Crippen LogP contribution is 2.14. The largest absolute Gasteiger partial charge is 0.398 e. The minimum Gasteiger partial charge on any atom is -0.398 e. The Morgan fingerprint density at radius 1 is 1.28 bits per heavy atom. The van der Waals surface area contributed by atoms with Crippen LogP contribution >= 0.6 is 11.3 Å². The number of hydrogen-bond donors (Lipinski definition) is 1. The van der Waals surface area contributed by atoms with Gasteiger partial charge in [-0.3, -0.25) is 4.79 Å². The zero-order chi connectivity index (χ0) is 13.0. The molecule has 4 heteroatoms. The van der Waals surface area contributed by atoms with Crippen molar-refractivity contribution in [2.45, 2.75) is 13.0 Å². The molecule has 2 aromatic rings. The maximum Gasteiger partial charge on any atom is 0.227 e. The molecule has 0 aliphatic heterocycles. The first-order valence-electron chi connectivity index (χ1n) is 5.76. The number of thiophene rings is 1. The highest BCUT2D eigenvalue weighted by molar-refractivity contribution is 7.09. The Balaban J connectivity index is 1.98. The Hall–Kier alpha value is -1.81. The van der Waals surface area contributed by atoms with E-state index < -0.39 is 0 Å². The average Bonchev–Trinajstić information content (AvgIpc) is 2.84. The number of rotatable bonds is 4. The molecule has 0 spiro atoms. The number of carbonyl (C=O) groups is 1. The fourth-order valence-corrected chi connectivity index (χ4v) is 2.47. The first kappa shape index (κ1) is 12.6. The fourth-order valence-electron chi connectivity index (χ4n) is 1.72. The van der Waals surface area contributed by atoms with Gasteiger partial charge in [-0.1, -0.05) is 24.3 Å². The van der Waals surface area contributed by atoms with Crippen molar-refractivity contribution in [1.82, 2.24) is 4.90 Å². The Bertz CT molecular complexity index is 522. The van der Waals surface area contributed by atoms with Gasteiger partial charge < -0.3 is 10.6 Å². The summed E-state index contributed by atoms with van der Waals surface area (Å²) in [5.41, 5.74) is 7.40. The highest BCUT2D eigenvalue weighted by atomic mass is 32.1. The normalized spacial score (nSPS) is 10.3. The SMILES string of the molecule is CN(Cc1cccs1)C(=O)Cc1ccccc1N. The summed E-state index contributed by atoms with van der Waals surface area (Å²) in [6, 6.07) is 11.5. The number of amides is 1. The van der Waals surface area contributed by atoms with E-state index in [1.54, 1.807) is 16.2 Å². The molecule has 0 saturated heterocycles. The van der Waals surface area contributed by atoms with Crippen molar-refractivity contribution in [2.24, 2.45) is 0 Å². The smallest absolute Gasteiger partial charge is 0.227 e. The van der Waals surface area contributed by atoms with Crippen LogP contribution in [0.3, 0.4) is 0 Å². The van der Waals surface area contributed by atoms with E-state index in [-0.39, 0.29) is 5.91 Å². The number of benzene rings is 1. The molecule has 0 aliphatic carbocycles. The lowest BCUT2D eigenvalue weighted by molar-refractivity contribution is -0.129. The van der Waals surface area contributed by atoms with Crippen molar-refractivity contribution < 1.29 is 4.79 Å². The summed E-state index contributed by atoms with van der Waals surface area (Å²) in [5, 5.41) is 2.02. The van der Waals surface area contributed by atoms with Crippen LogP contribution in [-0.4, -0.2) is 17.9 Å². The predicted octanol–water partition coefficient (Wildman–Crippen LogP) is 2.53. The lowest BCUT2D eigenvalue weighted by Crippen LogP contribution is -2.27. The Labute approximate surface area is 111 Å². The number of hydrogen-bond acceptors (Lipinski definition) is 3. The van der Waals surface area contributed by atoms with E-state index in [4.69, 9.17) is 5.73 Å². The second-order valence-corrected chi connectivity index (χ2v) is 5.24. The summed E-state index contributed by atoms with van der Waals surface area (Å²) in [7, 11) is 1.82. The van der Waals surface area contributed by atoms with Gasteiger partial charge in [0.1, 0.15) is 0 Å². The van der Waals surface area contributed by atoms with E-state index in [1.165, 1.54) is 4.88 Å². The van der Waals surface area contributed by atoms with Gasteiger partial charge in [0.25, 0.3) is 0 Å². The summed E-state index contributed by atoms with van der Waals surface area (Å²) in [6.07, 6.45) is 0.356. The van der Waals surface area contributed by atoms with Crippen LogP contribution in [0.15, 0.2) is 41.8 Å². The second-order valence-electron chi connectivity index (χ2n) is 4.20. The third kappa shape index (κ3) is 3.11. The number of nitrogen functional groups attached to an aromatic ring is 1. The third-order valence-electron chi connectivity index (χ3n) is 2.80. The van der Waals surface area contributed by atoms with Gasteiger partial charge in [0.2, 0.25) is 5.91 Å². The van der Waals surface area contributed by atoms with E-state index in [0.717, 1.165) is 5.56 Å². The van der Waals surface area contributed by atoms with Gasteiger partial charge in [0, 0.05) is 17.6 Å². The van der Waals surface area contributed by atoms with Gasteiger partial charge in [-0.25, -0.2) is 0 Å². The van der Waals surface area contributed by atoms with Gasteiger partial charge >= 0.3 is 0 Å². The standard InChI is InChI=1S/C14H16N2OS/c1-16(10-12-6-4-8-18-12)14(17)9-11-5-2-3-7-13(11)15/h2-8H,9-10,15H2,1H3. The van der Waals surface area contributed by atoms with Crippen molar-refractivity contribution in [2.75, 3.05) is 12.8 Å². The van der Waals surface area contributed by atoms with Gasteiger partial charge in [-0.15, -0.1) is 11.3 Å². The molecule has 0 bridgehead atoms. The number of anilines is 1. The zero-order valence-electron chi connectivity index (χ0n) is 10.3. The van der Waals surface area contributed by atoms with Crippen LogP contribution in [0.4, 0.5) is 5.69 Å². The number of nitrogens with zero attached hydrogens (tertiary/aromatic N) is 1. The quantitative estimate of drug-likeness (QED) is 0.859. The molecule has 1 aromatic heterocycles. The molecule has 2 rings (SSSR count). The van der Waals surface area contributed by atoms with Crippen molar-refractivity contribution >= 4 is 22.9 Å². The molecule has 94 valence electrons. The summed E-state index contributed by atoms with van der Waals surface area (Å²) in [5.74, 6) is 0.0845. The number of para-hydroxylation sites is 1. The van der Waals surface area contributed by atoms with Crippen LogP contribution in [0.2, 0.25) is 0 Å². The van der Waals surface area contributed by atoms with Gasteiger partial charge in [-0.2, -0.15) is 0 Å². The lowest BCUT2D eigenvalue weighted by Gasteiger charge is -2.16. The van der Waals surface area contributed by atoms with Gasteiger partial charge in [0.05, 0.1) is 13.0 Å². The van der Waals surface area contributed by atoms with E-state index in [0.29, 0.717) is 18.7 Å². The van der Waals surface area contributed by atoms with E-state index >= 15 is 0 Å². The predicted molar refractivity (Wildman–Crippen MR) is 75.4 cm³/mol. The van der Waals surface area contributed by atoms with Crippen LogP contribution in [-0.2, 0) is 17.8 Å². The Morgan fingerprint density at radius 2 is 2.06 bits per heavy atom. The molecule has 1 amide bonds. The number of nitrogens with two attached hydrogens (primary N) is 1. The van der Waals surface area contributed by atoms with E-state index in [1.807, 2.05) is 48.8 Å². The van der Waals surface area contributed by atoms with Crippen LogP contribution < -0.4 is 5.73 Å². The molecule has 3 nitrogen and oxygen atoms in total. The molecule has 0 radical (unpaired) electrons. The lowest BCUT2D eigenvalue weighted by atomic mass is 10.1. The topological polar surface area (TPSA) is 46.3 Å². The first-order valence-corrected chi connectivity index (χ1v) is 6.64. The van der Waals surface area contributed by atoms with Crippen molar-refractivity contribution in [3.63, 3.8) is 0 Å². The summed E-state index contributed by atoms with van der Waals surface area (Å²) in [4.78, 5) is 15.0. The molecule has 2 N–H and O–H groups in total. The van der Waals surface area contributed by atoms with Crippen LogP contribution in [0, 0.1) is 0 Å².